The normalized spacial score (nSPS) is 10.3. The number of aromatic nitrogens is 4. The number of ether oxygens (including phenoxy) is 1. The summed E-state index contributed by atoms with van der Waals surface area (Å²) in [7, 11) is 0. The summed E-state index contributed by atoms with van der Waals surface area (Å²) >= 11 is 0. The predicted octanol–water partition coefficient (Wildman–Crippen LogP) is 0.946. The van der Waals surface area contributed by atoms with Gasteiger partial charge in [-0.15, -0.1) is 5.10 Å². The summed E-state index contributed by atoms with van der Waals surface area (Å²) < 4.78 is 6.69. The van der Waals surface area contributed by atoms with Gasteiger partial charge in [-0.25, -0.2) is 4.68 Å². The van der Waals surface area contributed by atoms with Crippen LogP contribution in [0, 0.1) is 0 Å². The Morgan fingerprint density at radius 3 is 2.78 bits per heavy atom. The van der Waals surface area contributed by atoms with Crippen LogP contribution in [0.15, 0.2) is 30.3 Å². The van der Waals surface area contributed by atoms with Gasteiger partial charge in [0.2, 0.25) is 0 Å². The van der Waals surface area contributed by atoms with Gasteiger partial charge in [0, 0.05) is 12.1 Å². The van der Waals surface area contributed by atoms with Gasteiger partial charge in [0.1, 0.15) is 6.54 Å². The van der Waals surface area contributed by atoms with Gasteiger partial charge >= 0.3 is 5.97 Å². The molecule has 0 radical (unpaired) electrons. The summed E-state index contributed by atoms with van der Waals surface area (Å²) in [5, 5.41) is 13.7. The van der Waals surface area contributed by atoms with Crippen molar-refractivity contribution in [3.05, 3.63) is 41.7 Å². The Bertz CT molecular complexity index is 642. The topological polar surface area (TPSA) is 99.0 Å². The van der Waals surface area contributed by atoms with Crippen LogP contribution >= 0.6 is 0 Å². The van der Waals surface area contributed by atoms with Crippen molar-refractivity contribution in [2.24, 2.45) is 0 Å². The first kappa shape index (κ1) is 16.6. The number of carbonyl (C=O) groups is 2. The molecular formula is C15H19N5O3. The summed E-state index contributed by atoms with van der Waals surface area (Å²) in [6.07, 6.45) is 1.96. The Morgan fingerprint density at radius 2 is 2.04 bits per heavy atom. The Hall–Kier alpha value is -2.77. The van der Waals surface area contributed by atoms with Gasteiger partial charge in [0.05, 0.1) is 0 Å². The van der Waals surface area contributed by atoms with E-state index in [0.29, 0.717) is 17.9 Å². The predicted molar refractivity (Wildman–Crippen MR) is 81.3 cm³/mol. The number of tetrazole rings is 1. The van der Waals surface area contributed by atoms with Crippen LogP contribution in [0.5, 0.6) is 0 Å². The molecule has 0 aliphatic rings. The molecule has 0 spiro atoms. The summed E-state index contributed by atoms with van der Waals surface area (Å²) in [6, 6.07) is 8.66. The minimum Gasteiger partial charge on any atom is -0.456 e. The second-order valence-electron chi connectivity index (χ2n) is 4.88. The van der Waals surface area contributed by atoms with Crippen molar-refractivity contribution < 1.29 is 14.3 Å². The van der Waals surface area contributed by atoms with Gasteiger partial charge in [-0.3, -0.25) is 9.59 Å². The minimum atomic E-state index is -0.542. The van der Waals surface area contributed by atoms with E-state index in [-0.39, 0.29) is 19.1 Å². The summed E-state index contributed by atoms with van der Waals surface area (Å²) in [5.41, 5.74) is 0.490. The summed E-state index contributed by atoms with van der Waals surface area (Å²) in [6.45, 7) is 2.53. The number of amides is 1. The van der Waals surface area contributed by atoms with E-state index in [1.165, 1.54) is 0 Å². The lowest BCUT2D eigenvalue weighted by molar-refractivity contribution is -0.144. The number of nitrogens with zero attached hydrogens (tertiary/aromatic N) is 4. The van der Waals surface area contributed by atoms with Crippen LogP contribution < -0.4 is 5.32 Å². The van der Waals surface area contributed by atoms with Crippen LogP contribution in [-0.4, -0.2) is 38.6 Å². The molecule has 0 fully saturated rings. The molecule has 0 aliphatic heterocycles. The lowest BCUT2D eigenvalue weighted by atomic mass is 10.2. The molecule has 0 saturated heterocycles. The molecule has 1 amide bonds. The number of unbranched alkanes of at least 4 members (excludes halogenated alkanes) is 1. The first-order valence-electron chi connectivity index (χ1n) is 7.44. The smallest absolute Gasteiger partial charge is 0.325 e. The molecule has 23 heavy (non-hydrogen) atoms. The Kier molecular flexibility index (Phi) is 6.22. The van der Waals surface area contributed by atoms with E-state index in [9.17, 15) is 9.59 Å². The molecule has 8 nitrogen and oxygen atoms in total. The second kappa shape index (κ2) is 8.62. The largest absolute Gasteiger partial charge is 0.456 e. The van der Waals surface area contributed by atoms with Crippen molar-refractivity contribution >= 4 is 11.9 Å². The van der Waals surface area contributed by atoms with Gasteiger partial charge in [0.15, 0.2) is 12.4 Å². The van der Waals surface area contributed by atoms with Gasteiger partial charge in [-0.1, -0.05) is 31.5 Å². The van der Waals surface area contributed by atoms with Crippen molar-refractivity contribution in [1.82, 2.24) is 25.5 Å². The highest BCUT2D eigenvalue weighted by molar-refractivity contribution is 5.95. The van der Waals surface area contributed by atoms with E-state index < -0.39 is 5.97 Å². The molecule has 0 bridgehead atoms. The fourth-order valence-electron chi connectivity index (χ4n) is 1.85. The van der Waals surface area contributed by atoms with Crippen LogP contribution in [0.1, 0.15) is 35.9 Å². The van der Waals surface area contributed by atoms with Gasteiger partial charge in [-0.05, 0) is 29.0 Å². The summed E-state index contributed by atoms with van der Waals surface area (Å²) in [4.78, 5) is 23.5. The molecule has 122 valence electrons. The maximum atomic E-state index is 11.8. The SMILES string of the molecule is CCCCn1nnnc1COC(=O)CNC(=O)c1ccccc1. The standard InChI is InChI=1S/C15H19N5O3/c1-2-3-9-20-13(17-18-19-20)11-23-14(21)10-16-15(22)12-7-5-4-6-8-12/h4-8H,2-3,9-11H2,1H3,(H,16,22). The third-order valence-corrected chi connectivity index (χ3v) is 3.12. The van der Waals surface area contributed by atoms with E-state index in [0.717, 1.165) is 12.8 Å². The quantitative estimate of drug-likeness (QED) is 0.728. The lowest BCUT2D eigenvalue weighted by Crippen LogP contribution is -2.30. The molecule has 0 unspecified atom stereocenters. The molecule has 1 heterocycles. The van der Waals surface area contributed by atoms with Crippen LogP contribution in [0.2, 0.25) is 0 Å². The van der Waals surface area contributed by atoms with Crippen LogP contribution in [0.4, 0.5) is 0 Å². The van der Waals surface area contributed by atoms with Gasteiger partial charge in [0.25, 0.3) is 5.91 Å². The van der Waals surface area contributed by atoms with Crippen LogP contribution in [0.25, 0.3) is 0 Å². The van der Waals surface area contributed by atoms with Crippen molar-refractivity contribution in [2.75, 3.05) is 6.54 Å². The molecule has 0 saturated carbocycles. The number of hydrogen-bond donors (Lipinski definition) is 1. The third-order valence-electron chi connectivity index (χ3n) is 3.12. The first-order valence-corrected chi connectivity index (χ1v) is 7.44. The summed E-state index contributed by atoms with van der Waals surface area (Å²) in [5.74, 6) is -0.379. The molecule has 0 atom stereocenters. The van der Waals surface area contributed by atoms with E-state index in [2.05, 4.69) is 27.8 Å². The van der Waals surface area contributed by atoms with E-state index in [4.69, 9.17) is 4.74 Å². The number of rotatable bonds is 8. The number of carbonyl (C=O) groups excluding carboxylic acids is 2. The Morgan fingerprint density at radius 1 is 1.26 bits per heavy atom. The highest BCUT2D eigenvalue weighted by Gasteiger charge is 2.11. The molecule has 0 aliphatic carbocycles. The average Bonchev–Trinajstić information content (AvgIpc) is 3.04. The fraction of sp³-hybridized carbons (Fsp3) is 0.400. The number of benzene rings is 1. The van der Waals surface area contributed by atoms with Crippen LogP contribution in [-0.2, 0) is 22.7 Å². The van der Waals surface area contributed by atoms with E-state index in [1.807, 2.05) is 6.07 Å². The molecule has 2 aromatic rings. The first-order chi connectivity index (χ1) is 11.2. The highest BCUT2D eigenvalue weighted by Crippen LogP contribution is 2.00. The number of aryl methyl sites for hydroxylation is 1. The molecule has 1 aromatic heterocycles. The van der Waals surface area contributed by atoms with Crippen molar-refractivity contribution in [3.8, 4) is 0 Å². The molecule has 1 aromatic carbocycles. The zero-order chi connectivity index (χ0) is 16.5. The fourth-order valence-corrected chi connectivity index (χ4v) is 1.85. The molecular weight excluding hydrogens is 298 g/mol. The molecule has 8 heteroatoms. The molecule has 1 N–H and O–H groups in total. The van der Waals surface area contributed by atoms with E-state index >= 15 is 0 Å². The number of nitrogens with one attached hydrogen (secondary N) is 1. The zero-order valence-electron chi connectivity index (χ0n) is 12.9. The third kappa shape index (κ3) is 5.17. The second-order valence-corrected chi connectivity index (χ2v) is 4.88. The lowest BCUT2D eigenvalue weighted by Gasteiger charge is -2.07. The Labute approximate surface area is 133 Å². The monoisotopic (exact) mass is 317 g/mol. The number of hydrogen-bond acceptors (Lipinski definition) is 6. The molecule has 2 rings (SSSR count). The Balaban J connectivity index is 1.75. The zero-order valence-corrected chi connectivity index (χ0v) is 12.9. The average molecular weight is 317 g/mol. The van der Waals surface area contributed by atoms with Crippen molar-refractivity contribution in [3.63, 3.8) is 0 Å². The van der Waals surface area contributed by atoms with Gasteiger partial charge < -0.3 is 10.1 Å². The highest BCUT2D eigenvalue weighted by atomic mass is 16.5. The maximum Gasteiger partial charge on any atom is 0.325 e. The van der Waals surface area contributed by atoms with Crippen molar-refractivity contribution in [2.45, 2.75) is 32.9 Å². The van der Waals surface area contributed by atoms with Crippen LogP contribution in [0.3, 0.4) is 0 Å². The van der Waals surface area contributed by atoms with Crippen molar-refractivity contribution in [1.29, 1.82) is 0 Å². The van der Waals surface area contributed by atoms with E-state index in [1.54, 1.807) is 28.9 Å². The minimum absolute atomic E-state index is 0.0171. The number of esters is 1. The maximum absolute atomic E-state index is 11.8. The van der Waals surface area contributed by atoms with Gasteiger partial charge in [-0.2, -0.15) is 0 Å².